The second-order valence-electron chi connectivity index (χ2n) is 6.03. The minimum Gasteiger partial charge on any atom is -0.497 e. The molecular formula is C19H19F3N2O2. The van der Waals surface area contributed by atoms with E-state index in [4.69, 9.17) is 9.57 Å². The van der Waals surface area contributed by atoms with E-state index in [-0.39, 0.29) is 6.10 Å². The fraction of sp³-hybridized carbons (Fsp3) is 0.316. The lowest BCUT2D eigenvalue weighted by molar-refractivity contribution is -0.137. The zero-order chi connectivity index (χ0) is 18.6. The van der Waals surface area contributed by atoms with Gasteiger partial charge in [-0.1, -0.05) is 23.4 Å². The molecule has 2 aromatic carbocycles. The second kappa shape index (κ2) is 7.78. The van der Waals surface area contributed by atoms with Crippen LogP contribution >= 0.6 is 0 Å². The molecule has 1 atom stereocenters. The highest BCUT2D eigenvalue weighted by Crippen LogP contribution is 2.29. The summed E-state index contributed by atoms with van der Waals surface area (Å²) in [6.45, 7) is 0.834. The molecule has 0 aromatic heterocycles. The first kappa shape index (κ1) is 18.3. The Morgan fingerprint density at radius 3 is 2.65 bits per heavy atom. The van der Waals surface area contributed by atoms with E-state index in [0.717, 1.165) is 29.2 Å². The number of nitrogens with one attached hydrogen (secondary N) is 1. The van der Waals surface area contributed by atoms with Crippen LogP contribution in [0.5, 0.6) is 5.75 Å². The van der Waals surface area contributed by atoms with Crippen molar-refractivity contribution in [2.75, 3.05) is 13.7 Å². The molecule has 26 heavy (non-hydrogen) atoms. The van der Waals surface area contributed by atoms with Crippen LogP contribution in [0.1, 0.15) is 23.1 Å². The van der Waals surface area contributed by atoms with Crippen LogP contribution in [-0.2, 0) is 17.6 Å². The van der Waals surface area contributed by atoms with E-state index in [9.17, 15) is 13.2 Å². The van der Waals surface area contributed by atoms with E-state index in [1.165, 1.54) is 6.07 Å². The summed E-state index contributed by atoms with van der Waals surface area (Å²) < 4.78 is 43.3. The number of hydrogen-bond acceptors (Lipinski definition) is 4. The number of rotatable bonds is 6. The lowest BCUT2D eigenvalue weighted by Crippen LogP contribution is -2.26. The summed E-state index contributed by atoms with van der Waals surface area (Å²) in [6, 6.07) is 12.8. The van der Waals surface area contributed by atoms with Gasteiger partial charge in [-0.3, -0.25) is 0 Å². The fourth-order valence-corrected chi connectivity index (χ4v) is 2.73. The minimum atomic E-state index is -4.33. The van der Waals surface area contributed by atoms with Crippen molar-refractivity contribution >= 4 is 5.71 Å². The van der Waals surface area contributed by atoms with Gasteiger partial charge in [0.15, 0.2) is 0 Å². The number of methoxy groups -OCH3 is 1. The van der Waals surface area contributed by atoms with Gasteiger partial charge < -0.3 is 14.9 Å². The summed E-state index contributed by atoms with van der Waals surface area (Å²) in [5, 5.41) is 7.23. The van der Waals surface area contributed by atoms with Gasteiger partial charge in [-0.2, -0.15) is 13.2 Å². The Morgan fingerprint density at radius 2 is 1.96 bits per heavy atom. The summed E-state index contributed by atoms with van der Waals surface area (Å²) in [4.78, 5) is 5.41. The summed E-state index contributed by atoms with van der Waals surface area (Å²) in [7, 11) is 1.61. The third-order valence-electron chi connectivity index (χ3n) is 4.11. The first-order valence-corrected chi connectivity index (χ1v) is 8.19. The molecule has 1 aliphatic heterocycles. The summed E-state index contributed by atoms with van der Waals surface area (Å²) in [6.07, 6.45) is -3.83. The van der Waals surface area contributed by atoms with Crippen LogP contribution in [0.3, 0.4) is 0 Å². The van der Waals surface area contributed by atoms with E-state index in [0.29, 0.717) is 25.1 Å². The van der Waals surface area contributed by atoms with Gasteiger partial charge in [0.25, 0.3) is 0 Å². The molecule has 1 N–H and O–H groups in total. The van der Waals surface area contributed by atoms with Crippen LogP contribution in [-0.4, -0.2) is 25.5 Å². The molecule has 138 valence electrons. The molecule has 0 saturated heterocycles. The van der Waals surface area contributed by atoms with Crippen molar-refractivity contribution in [2.45, 2.75) is 25.2 Å². The first-order chi connectivity index (χ1) is 12.5. The maximum Gasteiger partial charge on any atom is 0.416 e. The standard InChI is InChI=1S/C19H19F3N2O2/c1-25-16-7-5-14(6-8-16)18-10-17(26-24-18)12-23-11-13-3-2-4-15(9-13)19(20,21)22/h2-9,17,23H,10-12H2,1H3/t17-/m1/s1. The van der Waals surface area contributed by atoms with Crippen molar-refractivity contribution < 1.29 is 22.7 Å². The highest BCUT2D eigenvalue weighted by Gasteiger charge is 2.30. The van der Waals surface area contributed by atoms with E-state index in [1.807, 2.05) is 24.3 Å². The van der Waals surface area contributed by atoms with Gasteiger partial charge in [-0.25, -0.2) is 0 Å². The van der Waals surface area contributed by atoms with Crippen LogP contribution in [0.25, 0.3) is 0 Å². The third-order valence-corrected chi connectivity index (χ3v) is 4.11. The molecule has 0 unspecified atom stereocenters. The number of alkyl halides is 3. The van der Waals surface area contributed by atoms with E-state index in [2.05, 4.69) is 10.5 Å². The smallest absolute Gasteiger partial charge is 0.416 e. The van der Waals surface area contributed by atoms with Crippen LogP contribution in [0, 0.1) is 0 Å². The van der Waals surface area contributed by atoms with E-state index >= 15 is 0 Å². The SMILES string of the molecule is COc1ccc(C2=NO[C@@H](CNCc3cccc(C(F)(F)F)c3)C2)cc1. The van der Waals surface area contributed by atoms with Crippen molar-refractivity contribution in [3.8, 4) is 5.75 Å². The maximum absolute atomic E-state index is 12.7. The fourth-order valence-electron chi connectivity index (χ4n) is 2.73. The van der Waals surface area contributed by atoms with Gasteiger partial charge in [-0.05, 0) is 41.5 Å². The lowest BCUT2D eigenvalue weighted by Gasteiger charge is -2.11. The molecule has 0 bridgehead atoms. The van der Waals surface area contributed by atoms with E-state index < -0.39 is 11.7 Å². The van der Waals surface area contributed by atoms with Crippen molar-refractivity contribution in [1.29, 1.82) is 0 Å². The molecule has 2 aromatic rings. The van der Waals surface area contributed by atoms with Crippen LogP contribution in [0.2, 0.25) is 0 Å². The number of ether oxygens (including phenoxy) is 1. The monoisotopic (exact) mass is 364 g/mol. The molecular weight excluding hydrogens is 345 g/mol. The van der Waals surface area contributed by atoms with Crippen molar-refractivity contribution in [3.63, 3.8) is 0 Å². The highest BCUT2D eigenvalue weighted by molar-refractivity contribution is 6.01. The Bertz CT molecular complexity index is 773. The maximum atomic E-state index is 12.7. The number of oxime groups is 1. The van der Waals surface area contributed by atoms with E-state index in [1.54, 1.807) is 13.2 Å². The molecule has 0 aliphatic carbocycles. The van der Waals surface area contributed by atoms with Crippen molar-refractivity contribution in [2.24, 2.45) is 5.16 Å². The Morgan fingerprint density at radius 1 is 1.19 bits per heavy atom. The highest BCUT2D eigenvalue weighted by atomic mass is 19.4. The van der Waals surface area contributed by atoms with Gasteiger partial charge in [0.2, 0.25) is 0 Å². The average Bonchev–Trinajstić information content (AvgIpc) is 3.10. The molecule has 0 amide bonds. The predicted octanol–water partition coefficient (Wildman–Crippen LogP) is 4.00. The van der Waals surface area contributed by atoms with Crippen LogP contribution < -0.4 is 10.1 Å². The molecule has 0 fully saturated rings. The first-order valence-electron chi connectivity index (χ1n) is 8.19. The summed E-state index contributed by atoms with van der Waals surface area (Å²) >= 11 is 0. The van der Waals surface area contributed by atoms with Gasteiger partial charge in [-0.15, -0.1) is 0 Å². The summed E-state index contributed by atoms with van der Waals surface area (Å²) in [5.74, 6) is 0.771. The van der Waals surface area contributed by atoms with Gasteiger partial charge in [0, 0.05) is 19.5 Å². The number of halogens is 3. The van der Waals surface area contributed by atoms with Crippen LogP contribution in [0.4, 0.5) is 13.2 Å². The molecule has 0 spiro atoms. The Labute approximate surface area is 149 Å². The Hall–Kier alpha value is -2.54. The number of hydrogen-bond donors (Lipinski definition) is 1. The molecule has 4 nitrogen and oxygen atoms in total. The third kappa shape index (κ3) is 4.54. The van der Waals surface area contributed by atoms with Crippen molar-refractivity contribution in [3.05, 3.63) is 65.2 Å². The lowest BCUT2D eigenvalue weighted by atomic mass is 10.0. The van der Waals surface area contributed by atoms with Gasteiger partial charge in [0.1, 0.15) is 11.9 Å². The largest absolute Gasteiger partial charge is 0.497 e. The molecule has 1 aliphatic rings. The normalized spacial score (nSPS) is 16.9. The molecule has 3 rings (SSSR count). The Balaban J connectivity index is 1.48. The molecule has 1 heterocycles. The zero-order valence-corrected chi connectivity index (χ0v) is 14.2. The predicted molar refractivity (Wildman–Crippen MR) is 92.2 cm³/mol. The number of nitrogens with zero attached hydrogens (tertiary/aromatic N) is 1. The minimum absolute atomic E-state index is 0.141. The average molecular weight is 364 g/mol. The van der Waals surface area contributed by atoms with Gasteiger partial charge in [0.05, 0.1) is 18.4 Å². The number of benzene rings is 2. The summed E-state index contributed by atoms with van der Waals surface area (Å²) in [5.41, 5.74) is 1.75. The molecule has 0 radical (unpaired) electrons. The zero-order valence-electron chi connectivity index (χ0n) is 14.2. The van der Waals surface area contributed by atoms with Crippen molar-refractivity contribution in [1.82, 2.24) is 5.32 Å². The topological polar surface area (TPSA) is 42.9 Å². The molecule has 0 saturated carbocycles. The second-order valence-corrected chi connectivity index (χ2v) is 6.03. The quantitative estimate of drug-likeness (QED) is 0.843. The van der Waals surface area contributed by atoms with Gasteiger partial charge >= 0.3 is 6.18 Å². The Kier molecular flexibility index (Phi) is 5.46. The van der Waals surface area contributed by atoms with Crippen LogP contribution in [0.15, 0.2) is 53.7 Å². The molecule has 7 heteroatoms.